The SMILES string of the molecule is CC(C)(Sc1ccc(Cl)cc1)C(=O)NCCc1cccc(C(F)(F)F)c1. The van der Waals surface area contributed by atoms with Crippen LogP contribution in [-0.2, 0) is 17.4 Å². The van der Waals surface area contributed by atoms with Gasteiger partial charge in [0.25, 0.3) is 0 Å². The van der Waals surface area contributed by atoms with Gasteiger partial charge in [0, 0.05) is 16.5 Å². The molecule has 26 heavy (non-hydrogen) atoms. The average Bonchev–Trinajstić information content (AvgIpc) is 2.56. The Balaban J connectivity index is 1.90. The lowest BCUT2D eigenvalue weighted by molar-refractivity contribution is -0.137. The van der Waals surface area contributed by atoms with Crippen molar-refractivity contribution in [3.05, 3.63) is 64.7 Å². The van der Waals surface area contributed by atoms with E-state index in [0.29, 0.717) is 17.0 Å². The fourth-order valence-electron chi connectivity index (χ4n) is 2.28. The summed E-state index contributed by atoms with van der Waals surface area (Å²) in [7, 11) is 0. The van der Waals surface area contributed by atoms with E-state index in [2.05, 4.69) is 5.32 Å². The van der Waals surface area contributed by atoms with Gasteiger partial charge in [-0.25, -0.2) is 0 Å². The van der Waals surface area contributed by atoms with Gasteiger partial charge in [0.1, 0.15) is 0 Å². The molecule has 0 aliphatic carbocycles. The molecule has 0 fully saturated rings. The zero-order chi connectivity index (χ0) is 19.4. The molecule has 0 atom stereocenters. The van der Waals surface area contributed by atoms with E-state index in [1.807, 2.05) is 12.1 Å². The zero-order valence-electron chi connectivity index (χ0n) is 14.4. The van der Waals surface area contributed by atoms with Gasteiger partial charge in [0.2, 0.25) is 5.91 Å². The highest BCUT2D eigenvalue weighted by atomic mass is 35.5. The fraction of sp³-hybridized carbons (Fsp3) is 0.316. The van der Waals surface area contributed by atoms with Gasteiger partial charge in [-0.15, -0.1) is 11.8 Å². The largest absolute Gasteiger partial charge is 0.416 e. The number of carbonyl (C=O) groups excluding carboxylic acids is 1. The third kappa shape index (κ3) is 5.95. The summed E-state index contributed by atoms with van der Waals surface area (Å²) in [4.78, 5) is 13.3. The monoisotopic (exact) mass is 401 g/mol. The second kappa shape index (κ2) is 8.35. The molecule has 140 valence electrons. The second-order valence-electron chi connectivity index (χ2n) is 6.27. The quantitative estimate of drug-likeness (QED) is 0.639. The Hall–Kier alpha value is -1.66. The van der Waals surface area contributed by atoms with Gasteiger partial charge in [-0.05, 0) is 56.2 Å². The summed E-state index contributed by atoms with van der Waals surface area (Å²) in [5, 5.41) is 3.42. The first-order valence-electron chi connectivity index (χ1n) is 7.97. The lowest BCUT2D eigenvalue weighted by Crippen LogP contribution is -2.40. The summed E-state index contributed by atoms with van der Waals surface area (Å²) in [6.07, 6.45) is -4.03. The number of carbonyl (C=O) groups is 1. The number of thioether (sulfide) groups is 1. The van der Waals surface area contributed by atoms with Gasteiger partial charge in [-0.2, -0.15) is 13.2 Å². The van der Waals surface area contributed by atoms with E-state index in [-0.39, 0.29) is 12.5 Å². The first-order valence-corrected chi connectivity index (χ1v) is 9.16. The first-order chi connectivity index (χ1) is 12.1. The van der Waals surface area contributed by atoms with Crippen LogP contribution in [0, 0.1) is 0 Å². The summed E-state index contributed by atoms with van der Waals surface area (Å²) in [5.41, 5.74) is -0.150. The van der Waals surface area contributed by atoms with E-state index < -0.39 is 16.5 Å². The number of rotatable bonds is 6. The minimum Gasteiger partial charge on any atom is -0.355 e. The van der Waals surface area contributed by atoms with Crippen LogP contribution >= 0.6 is 23.4 Å². The number of hydrogen-bond acceptors (Lipinski definition) is 2. The molecular weight excluding hydrogens is 383 g/mol. The molecule has 7 heteroatoms. The first kappa shape index (κ1) is 20.6. The fourth-order valence-corrected chi connectivity index (χ4v) is 3.43. The van der Waals surface area contributed by atoms with Crippen LogP contribution < -0.4 is 5.32 Å². The Kier molecular flexibility index (Phi) is 6.64. The van der Waals surface area contributed by atoms with Crippen molar-refractivity contribution >= 4 is 29.3 Å². The smallest absolute Gasteiger partial charge is 0.355 e. The number of hydrogen-bond donors (Lipinski definition) is 1. The maximum absolute atomic E-state index is 12.7. The molecule has 0 bridgehead atoms. The van der Waals surface area contributed by atoms with Gasteiger partial charge in [0.15, 0.2) is 0 Å². The number of alkyl halides is 3. The maximum Gasteiger partial charge on any atom is 0.416 e. The van der Waals surface area contributed by atoms with Gasteiger partial charge < -0.3 is 5.32 Å². The molecule has 2 nitrogen and oxygen atoms in total. The summed E-state index contributed by atoms with van der Waals surface area (Å²) >= 11 is 7.25. The molecule has 2 rings (SSSR count). The summed E-state index contributed by atoms with van der Waals surface area (Å²) in [5.74, 6) is -0.176. The summed E-state index contributed by atoms with van der Waals surface area (Å²) in [6, 6.07) is 12.3. The van der Waals surface area contributed by atoms with E-state index in [4.69, 9.17) is 11.6 Å². The van der Waals surface area contributed by atoms with Crippen LogP contribution in [0.1, 0.15) is 25.0 Å². The molecule has 0 aromatic heterocycles. The van der Waals surface area contributed by atoms with E-state index in [0.717, 1.165) is 17.0 Å². The standard InChI is InChI=1S/C19H19ClF3NOS/c1-18(2,26-16-8-6-15(20)7-9-16)17(25)24-11-10-13-4-3-5-14(12-13)19(21,22)23/h3-9,12H,10-11H2,1-2H3,(H,24,25). The summed E-state index contributed by atoms with van der Waals surface area (Å²) in [6.45, 7) is 3.86. The van der Waals surface area contributed by atoms with Gasteiger partial charge in [0.05, 0.1) is 10.3 Å². The normalized spacial score (nSPS) is 12.1. The highest BCUT2D eigenvalue weighted by Gasteiger charge is 2.30. The van der Waals surface area contributed by atoms with Gasteiger partial charge in [-0.3, -0.25) is 4.79 Å². The maximum atomic E-state index is 12.7. The van der Waals surface area contributed by atoms with Crippen molar-refractivity contribution in [2.75, 3.05) is 6.54 Å². The van der Waals surface area contributed by atoms with Crippen LogP contribution in [0.2, 0.25) is 5.02 Å². The van der Waals surface area contributed by atoms with Gasteiger partial charge >= 0.3 is 6.18 Å². The molecular formula is C19H19ClF3NOS. The Labute approximate surface area is 160 Å². The van der Waals surface area contributed by atoms with Crippen molar-refractivity contribution < 1.29 is 18.0 Å². The van der Waals surface area contributed by atoms with Crippen molar-refractivity contribution in [1.82, 2.24) is 5.32 Å². The third-order valence-corrected chi connectivity index (χ3v) is 5.14. The van der Waals surface area contributed by atoms with Crippen molar-refractivity contribution in [3.63, 3.8) is 0 Å². The van der Waals surface area contributed by atoms with Crippen LogP contribution in [0.15, 0.2) is 53.4 Å². The van der Waals surface area contributed by atoms with Crippen molar-refractivity contribution in [2.45, 2.75) is 36.1 Å². The zero-order valence-corrected chi connectivity index (χ0v) is 15.9. The summed E-state index contributed by atoms with van der Waals surface area (Å²) < 4.78 is 37.5. The lowest BCUT2D eigenvalue weighted by atomic mass is 10.1. The molecule has 1 N–H and O–H groups in total. The predicted molar refractivity (Wildman–Crippen MR) is 99.5 cm³/mol. The molecule has 0 heterocycles. The van der Waals surface area contributed by atoms with Crippen molar-refractivity contribution in [2.24, 2.45) is 0 Å². The van der Waals surface area contributed by atoms with Gasteiger partial charge in [-0.1, -0.05) is 29.8 Å². The Morgan fingerprint density at radius 2 is 1.77 bits per heavy atom. The van der Waals surface area contributed by atoms with Crippen LogP contribution in [-0.4, -0.2) is 17.2 Å². The van der Waals surface area contributed by atoms with Crippen LogP contribution in [0.4, 0.5) is 13.2 Å². The van der Waals surface area contributed by atoms with E-state index >= 15 is 0 Å². The minimum atomic E-state index is -4.36. The Morgan fingerprint density at radius 3 is 2.38 bits per heavy atom. The molecule has 2 aromatic rings. The third-order valence-electron chi connectivity index (χ3n) is 3.69. The van der Waals surface area contributed by atoms with Crippen LogP contribution in [0.25, 0.3) is 0 Å². The average molecular weight is 402 g/mol. The molecule has 2 aromatic carbocycles. The molecule has 0 unspecified atom stereocenters. The Morgan fingerprint density at radius 1 is 1.12 bits per heavy atom. The minimum absolute atomic E-state index is 0.176. The van der Waals surface area contributed by atoms with Crippen LogP contribution in [0.3, 0.4) is 0 Å². The number of nitrogens with one attached hydrogen (secondary N) is 1. The number of amides is 1. The second-order valence-corrected chi connectivity index (χ2v) is 8.40. The molecule has 1 amide bonds. The van der Waals surface area contributed by atoms with E-state index in [1.165, 1.54) is 17.8 Å². The van der Waals surface area contributed by atoms with E-state index in [9.17, 15) is 18.0 Å². The lowest BCUT2D eigenvalue weighted by Gasteiger charge is -2.23. The van der Waals surface area contributed by atoms with Crippen LogP contribution in [0.5, 0.6) is 0 Å². The molecule has 0 radical (unpaired) electrons. The highest BCUT2D eigenvalue weighted by Crippen LogP contribution is 2.33. The van der Waals surface area contributed by atoms with E-state index in [1.54, 1.807) is 32.0 Å². The van der Waals surface area contributed by atoms with Crippen molar-refractivity contribution in [3.8, 4) is 0 Å². The molecule has 0 aliphatic rings. The van der Waals surface area contributed by atoms with Crippen molar-refractivity contribution in [1.29, 1.82) is 0 Å². The Bertz CT molecular complexity index is 760. The molecule has 0 saturated carbocycles. The molecule has 0 saturated heterocycles. The topological polar surface area (TPSA) is 29.1 Å². The predicted octanol–water partition coefficient (Wildman–Crippen LogP) is 5.59. The molecule has 0 aliphatic heterocycles. The number of halogens is 4. The number of benzene rings is 2. The highest BCUT2D eigenvalue weighted by molar-refractivity contribution is 8.01. The molecule has 0 spiro atoms.